The van der Waals surface area contributed by atoms with Crippen molar-refractivity contribution < 1.29 is 4.39 Å². The number of piperazine rings is 1. The summed E-state index contributed by atoms with van der Waals surface area (Å²) in [7, 11) is 0. The lowest BCUT2D eigenvalue weighted by Gasteiger charge is -2.34. The van der Waals surface area contributed by atoms with Crippen molar-refractivity contribution in [3.63, 3.8) is 0 Å². The van der Waals surface area contributed by atoms with Gasteiger partial charge in [-0.15, -0.1) is 0 Å². The average Bonchev–Trinajstić information content (AvgIpc) is 3.12. The predicted molar refractivity (Wildman–Crippen MR) is 101 cm³/mol. The largest absolute Gasteiger partial charge is 0.297 e. The number of rotatable bonds is 5. The molecule has 0 radical (unpaired) electrons. The Labute approximate surface area is 153 Å². The summed E-state index contributed by atoms with van der Waals surface area (Å²) in [6, 6.07) is 19.2. The van der Waals surface area contributed by atoms with E-state index in [1.807, 2.05) is 35.1 Å². The van der Waals surface area contributed by atoms with E-state index in [1.54, 1.807) is 12.1 Å². The van der Waals surface area contributed by atoms with Crippen LogP contribution in [-0.2, 0) is 13.1 Å². The summed E-state index contributed by atoms with van der Waals surface area (Å²) in [5.41, 5.74) is 3.34. The van der Waals surface area contributed by atoms with Crippen LogP contribution in [0.25, 0.3) is 5.69 Å². The molecule has 3 aromatic rings. The molecule has 0 atom stereocenters. The minimum Gasteiger partial charge on any atom is -0.297 e. The van der Waals surface area contributed by atoms with Gasteiger partial charge in [0.15, 0.2) is 0 Å². The Balaban J connectivity index is 1.34. The van der Waals surface area contributed by atoms with Gasteiger partial charge in [-0.1, -0.05) is 30.3 Å². The van der Waals surface area contributed by atoms with Crippen LogP contribution in [0.15, 0.2) is 66.9 Å². The maximum atomic E-state index is 13.3. The van der Waals surface area contributed by atoms with E-state index >= 15 is 0 Å². The monoisotopic (exact) mass is 350 g/mol. The minimum atomic E-state index is -0.157. The first-order valence-corrected chi connectivity index (χ1v) is 9.05. The highest BCUT2D eigenvalue weighted by Crippen LogP contribution is 2.15. The van der Waals surface area contributed by atoms with Gasteiger partial charge in [0.2, 0.25) is 0 Å². The first-order chi connectivity index (χ1) is 12.8. The lowest BCUT2D eigenvalue weighted by molar-refractivity contribution is 0.120. The topological polar surface area (TPSA) is 24.3 Å². The van der Waals surface area contributed by atoms with Crippen LogP contribution in [-0.4, -0.2) is 45.8 Å². The van der Waals surface area contributed by atoms with Crippen LogP contribution in [0.2, 0.25) is 0 Å². The Morgan fingerprint density at radius 2 is 1.54 bits per heavy atom. The molecule has 134 valence electrons. The van der Waals surface area contributed by atoms with Crippen molar-refractivity contribution in [1.29, 1.82) is 0 Å². The molecule has 0 unspecified atom stereocenters. The van der Waals surface area contributed by atoms with Crippen molar-refractivity contribution in [3.05, 3.63) is 83.9 Å². The highest BCUT2D eigenvalue weighted by molar-refractivity contribution is 5.32. The maximum Gasteiger partial charge on any atom is 0.123 e. The van der Waals surface area contributed by atoms with Gasteiger partial charge in [-0.05, 0) is 35.9 Å². The third-order valence-electron chi connectivity index (χ3n) is 4.87. The van der Waals surface area contributed by atoms with Gasteiger partial charge >= 0.3 is 0 Å². The van der Waals surface area contributed by atoms with Crippen LogP contribution >= 0.6 is 0 Å². The van der Waals surface area contributed by atoms with Crippen LogP contribution < -0.4 is 0 Å². The summed E-state index contributed by atoms with van der Waals surface area (Å²) < 4.78 is 15.4. The number of nitrogens with zero attached hydrogens (tertiary/aromatic N) is 4. The van der Waals surface area contributed by atoms with Gasteiger partial charge in [0.05, 0.1) is 11.4 Å². The molecule has 0 N–H and O–H groups in total. The van der Waals surface area contributed by atoms with Crippen LogP contribution in [0.1, 0.15) is 11.3 Å². The average molecular weight is 350 g/mol. The van der Waals surface area contributed by atoms with Crippen molar-refractivity contribution in [2.75, 3.05) is 26.2 Å². The van der Waals surface area contributed by atoms with E-state index in [2.05, 4.69) is 33.1 Å². The van der Waals surface area contributed by atoms with Gasteiger partial charge in [-0.2, -0.15) is 5.10 Å². The van der Waals surface area contributed by atoms with E-state index in [9.17, 15) is 4.39 Å². The molecule has 0 saturated carbocycles. The minimum absolute atomic E-state index is 0.157. The second kappa shape index (κ2) is 7.81. The second-order valence-electron chi connectivity index (χ2n) is 6.75. The van der Waals surface area contributed by atoms with Gasteiger partial charge in [-0.25, -0.2) is 9.07 Å². The number of halogens is 1. The summed E-state index contributed by atoms with van der Waals surface area (Å²) in [6.07, 6.45) is 1.86. The van der Waals surface area contributed by atoms with Gasteiger partial charge in [0, 0.05) is 45.5 Å². The Morgan fingerprint density at radius 1 is 0.808 bits per heavy atom. The number of hydrogen-bond donors (Lipinski definition) is 0. The predicted octanol–water partition coefficient (Wildman–Crippen LogP) is 3.33. The third kappa shape index (κ3) is 4.00. The fraction of sp³-hybridized carbons (Fsp3) is 0.286. The van der Waals surface area contributed by atoms with E-state index in [0.717, 1.165) is 50.5 Å². The molecule has 2 heterocycles. The molecule has 5 heteroatoms. The Bertz CT molecular complexity index is 838. The molecule has 0 aliphatic carbocycles. The number of hydrogen-bond acceptors (Lipinski definition) is 3. The van der Waals surface area contributed by atoms with Gasteiger partial charge in [0.25, 0.3) is 0 Å². The molecule has 1 fully saturated rings. The summed E-state index contributed by atoms with van der Waals surface area (Å²) in [5, 5.41) is 4.48. The van der Waals surface area contributed by atoms with E-state index < -0.39 is 0 Å². The van der Waals surface area contributed by atoms with Crippen molar-refractivity contribution in [3.8, 4) is 5.69 Å². The Morgan fingerprint density at radius 3 is 2.27 bits per heavy atom. The Kier molecular flexibility index (Phi) is 5.09. The molecule has 26 heavy (non-hydrogen) atoms. The van der Waals surface area contributed by atoms with E-state index in [-0.39, 0.29) is 5.82 Å². The van der Waals surface area contributed by atoms with Gasteiger partial charge in [-0.3, -0.25) is 9.80 Å². The summed E-state index contributed by atoms with van der Waals surface area (Å²) in [4.78, 5) is 4.85. The lowest BCUT2D eigenvalue weighted by atomic mass is 10.2. The fourth-order valence-corrected chi connectivity index (χ4v) is 3.48. The van der Waals surface area contributed by atoms with Crippen LogP contribution in [0.5, 0.6) is 0 Å². The van der Waals surface area contributed by atoms with Crippen molar-refractivity contribution in [2.45, 2.75) is 13.1 Å². The smallest absolute Gasteiger partial charge is 0.123 e. The molecule has 1 saturated heterocycles. The standard InChI is InChI=1S/C21H23FN4/c22-19-6-4-5-18(15-19)16-24-11-13-25(14-12-24)17-21-9-10-23-26(21)20-7-2-1-3-8-20/h1-10,15H,11-14,16-17H2. The molecule has 4 nitrogen and oxygen atoms in total. The number of para-hydroxylation sites is 1. The highest BCUT2D eigenvalue weighted by Gasteiger charge is 2.18. The molecular weight excluding hydrogens is 327 g/mol. The van der Waals surface area contributed by atoms with Crippen LogP contribution in [0.3, 0.4) is 0 Å². The molecular formula is C21H23FN4. The third-order valence-corrected chi connectivity index (χ3v) is 4.87. The molecule has 0 spiro atoms. The highest BCUT2D eigenvalue weighted by atomic mass is 19.1. The summed E-state index contributed by atoms with van der Waals surface area (Å²) in [5.74, 6) is -0.157. The fourth-order valence-electron chi connectivity index (χ4n) is 3.48. The zero-order valence-corrected chi connectivity index (χ0v) is 14.8. The second-order valence-corrected chi connectivity index (χ2v) is 6.75. The first-order valence-electron chi connectivity index (χ1n) is 9.05. The Hall–Kier alpha value is -2.50. The zero-order valence-electron chi connectivity index (χ0n) is 14.8. The molecule has 0 bridgehead atoms. The van der Waals surface area contributed by atoms with E-state index in [1.165, 1.54) is 11.8 Å². The zero-order chi connectivity index (χ0) is 17.8. The van der Waals surface area contributed by atoms with Crippen LogP contribution in [0.4, 0.5) is 4.39 Å². The quantitative estimate of drug-likeness (QED) is 0.705. The molecule has 1 aliphatic heterocycles. The van der Waals surface area contributed by atoms with Crippen LogP contribution in [0, 0.1) is 5.82 Å². The van der Waals surface area contributed by atoms with E-state index in [4.69, 9.17) is 0 Å². The summed E-state index contributed by atoms with van der Waals surface area (Å²) in [6.45, 7) is 5.72. The summed E-state index contributed by atoms with van der Waals surface area (Å²) >= 11 is 0. The molecule has 1 aliphatic rings. The molecule has 1 aromatic heterocycles. The normalized spacial score (nSPS) is 16.0. The first kappa shape index (κ1) is 16.9. The number of aromatic nitrogens is 2. The van der Waals surface area contributed by atoms with Gasteiger partial charge < -0.3 is 0 Å². The molecule has 0 amide bonds. The van der Waals surface area contributed by atoms with E-state index in [0.29, 0.717) is 0 Å². The van der Waals surface area contributed by atoms with Crippen molar-refractivity contribution in [2.24, 2.45) is 0 Å². The van der Waals surface area contributed by atoms with Gasteiger partial charge in [0.1, 0.15) is 5.82 Å². The van der Waals surface area contributed by atoms with Crippen molar-refractivity contribution >= 4 is 0 Å². The maximum absolute atomic E-state index is 13.3. The molecule has 2 aromatic carbocycles. The van der Waals surface area contributed by atoms with Crippen molar-refractivity contribution in [1.82, 2.24) is 19.6 Å². The molecule has 4 rings (SSSR count). The number of benzene rings is 2. The lowest BCUT2D eigenvalue weighted by Crippen LogP contribution is -2.45. The SMILES string of the molecule is Fc1cccc(CN2CCN(Cc3ccnn3-c3ccccc3)CC2)c1.